The first-order chi connectivity index (χ1) is 15.3. The van der Waals surface area contributed by atoms with E-state index in [4.69, 9.17) is 9.84 Å². The molecule has 2 amide bonds. The standard InChI is InChI=1S/C24H28N2O6/c1-3-8-20(22(28)26-21(14(2)27)23(29)30)25-24(31)32-13-19-17-11-6-4-9-15(17)16-10-5-7-12-18(16)19/h4-7,9-12,14,19-21,27H,3,8,13H2,1-2H3,(H,25,31)(H,26,28)(H,29,30). The SMILES string of the molecule is CCCC(NC(=O)OCC1c2ccccc2-c2ccccc21)C(=O)NC(C(=O)O)C(C)O. The second kappa shape index (κ2) is 10.3. The maximum Gasteiger partial charge on any atom is 0.407 e. The van der Waals surface area contributed by atoms with E-state index in [9.17, 15) is 19.5 Å². The Hall–Kier alpha value is -3.39. The number of hydrogen-bond acceptors (Lipinski definition) is 5. The molecular weight excluding hydrogens is 412 g/mol. The summed E-state index contributed by atoms with van der Waals surface area (Å²) in [5.41, 5.74) is 4.37. The van der Waals surface area contributed by atoms with Crippen LogP contribution in [0.25, 0.3) is 11.1 Å². The number of aliphatic carboxylic acids is 1. The lowest BCUT2D eigenvalue weighted by Crippen LogP contribution is -2.54. The third kappa shape index (κ3) is 5.08. The van der Waals surface area contributed by atoms with E-state index in [2.05, 4.69) is 10.6 Å². The topological polar surface area (TPSA) is 125 Å². The van der Waals surface area contributed by atoms with Crippen LogP contribution in [0.4, 0.5) is 4.79 Å². The molecule has 32 heavy (non-hydrogen) atoms. The molecule has 0 fully saturated rings. The normalized spacial score (nSPS) is 15.1. The molecule has 0 aromatic heterocycles. The van der Waals surface area contributed by atoms with Gasteiger partial charge in [0.05, 0.1) is 6.10 Å². The number of rotatable bonds is 9. The molecular formula is C24H28N2O6. The molecule has 1 aliphatic carbocycles. The van der Waals surface area contributed by atoms with Crippen molar-refractivity contribution in [1.29, 1.82) is 0 Å². The number of alkyl carbamates (subject to hydrolysis) is 1. The number of fused-ring (bicyclic) bond motifs is 3. The number of aliphatic hydroxyl groups excluding tert-OH is 1. The number of carbonyl (C=O) groups is 3. The molecule has 0 saturated heterocycles. The van der Waals surface area contributed by atoms with Crippen molar-refractivity contribution in [3.63, 3.8) is 0 Å². The van der Waals surface area contributed by atoms with Crippen LogP contribution in [0, 0.1) is 0 Å². The monoisotopic (exact) mass is 440 g/mol. The van der Waals surface area contributed by atoms with Crippen LogP contribution in [0.3, 0.4) is 0 Å². The van der Waals surface area contributed by atoms with Crippen molar-refractivity contribution < 1.29 is 29.3 Å². The Bertz CT molecular complexity index is 944. The number of ether oxygens (including phenoxy) is 1. The van der Waals surface area contributed by atoms with Gasteiger partial charge in [0.2, 0.25) is 5.91 Å². The number of nitrogens with one attached hydrogen (secondary N) is 2. The highest BCUT2D eigenvalue weighted by Crippen LogP contribution is 2.44. The summed E-state index contributed by atoms with van der Waals surface area (Å²) < 4.78 is 5.47. The minimum absolute atomic E-state index is 0.103. The van der Waals surface area contributed by atoms with Crippen LogP contribution >= 0.6 is 0 Å². The summed E-state index contributed by atoms with van der Waals surface area (Å²) in [7, 11) is 0. The fourth-order valence-corrected chi connectivity index (χ4v) is 3.98. The van der Waals surface area contributed by atoms with E-state index in [1.807, 2.05) is 55.5 Å². The minimum atomic E-state index is -1.47. The first kappa shape index (κ1) is 23.3. The van der Waals surface area contributed by atoms with Gasteiger partial charge in [0.15, 0.2) is 6.04 Å². The lowest BCUT2D eigenvalue weighted by atomic mass is 9.98. The van der Waals surface area contributed by atoms with E-state index < -0.39 is 36.2 Å². The zero-order valence-corrected chi connectivity index (χ0v) is 18.1. The second-order valence-corrected chi connectivity index (χ2v) is 7.88. The van der Waals surface area contributed by atoms with Crippen LogP contribution in [-0.4, -0.2) is 53.0 Å². The zero-order chi connectivity index (χ0) is 23.3. The fraction of sp³-hybridized carbons (Fsp3) is 0.375. The Kier molecular flexibility index (Phi) is 7.48. The second-order valence-electron chi connectivity index (χ2n) is 7.88. The van der Waals surface area contributed by atoms with Crippen LogP contribution in [0.1, 0.15) is 43.7 Å². The van der Waals surface area contributed by atoms with Crippen molar-refractivity contribution in [2.45, 2.75) is 50.8 Å². The molecule has 0 spiro atoms. The van der Waals surface area contributed by atoms with Gasteiger partial charge in [-0.15, -0.1) is 0 Å². The van der Waals surface area contributed by atoms with Gasteiger partial charge < -0.3 is 25.6 Å². The number of carbonyl (C=O) groups excluding carboxylic acids is 2. The summed E-state index contributed by atoms with van der Waals surface area (Å²) in [6, 6.07) is 13.5. The number of amides is 2. The maximum atomic E-state index is 12.5. The van der Waals surface area contributed by atoms with E-state index in [0.717, 1.165) is 22.3 Å². The summed E-state index contributed by atoms with van der Waals surface area (Å²) in [6.45, 7) is 3.21. The highest BCUT2D eigenvalue weighted by molar-refractivity contribution is 5.89. The average Bonchev–Trinajstić information content (AvgIpc) is 3.09. The Morgan fingerprint density at radius 2 is 1.56 bits per heavy atom. The average molecular weight is 440 g/mol. The smallest absolute Gasteiger partial charge is 0.407 e. The van der Waals surface area contributed by atoms with Gasteiger partial charge in [-0.3, -0.25) is 4.79 Å². The predicted octanol–water partition coefficient (Wildman–Crippen LogP) is 2.64. The van der Waals surface area contributed by atoms with Gasteiger partial charge in [-0.2, -0.15) is 0 Å². The molecule has 0 saturated carbocycles. The molecule has 4 N–H and O–H groups in total. The Balaban J connectivity index is 1.65. The minimum Gasteiger partial charge on any atom is -0.480 e. The van der Waals surface area contributed by atoms with Gasteiger partial charge >= 0.3 is 12.1 Å². The maximum absolute atomic E-state index is 12.5. The van der Waals surface area contributed by atoms with Gasteiger partial charge in [-0.1, -0.05) is 61.9 Å². The van der Waals surface area contributed by atoms with Crippen molar-refractivity contribution in [3.05, 3.63) is 59.7 Å². The van der Waals surface area contributed by atoms with Gasteiger partial charge in [0.25, 0.3) is 0 Å². The first-order valence-electron chi connectivity index (χ1n) is 10.7. The van der Waals surface area contributed by atoms with Gasteiger partial charge in [-0.05, 0) is 35.6 Å². The molecule has 170 valence electrons. The van der Waals surface area contributed by atoms with Crippen LogP contribution in [0.2, 0.25) is 0 Å². The number of hydrogen-bond donors (Lipinski definition) is 4. The predicted molar refractivity (Wildman–Crippen MR) is 118 cm³/mol. The van der Waals surface area contributed by atoms with E-state index in [1.54, 1.807) is 0 Å². The third-order valence-electron chi connectivity index (χ3n) is 5.58. The zero-order valence-electron chi connectivity index (χ0n) is 18.1. The van der Waals surface area contributed by atoms with Crippen LogP contribution in [0.5, 0.6) is 0 Å². The van der Waals surface area contributed by atoms with Crippen LogP contribution < -0.4 is 10.6 Å². The van der Waals surface area contributed by atoms with Gasteiger partial charge in [0.1, 0.15) is 12.6 Å². The molecule has 0 aliphatic heterocycles. The fourth-order valence-electron chi connectivity index (χ4n) is 3.98. The summed E-state index contributed by atoms with van der Waals surface area (Å²) in [5.74, 6) is -2.16. The number of aliphatic hydroxyl groups is 1. The summed E-state index contributed by atoms with van der Waals surface area (Å²) in [5, 5.41) is 23.5. The van der Waals surface area contributed by atoms with Gasteiger partial charge in [-0.25, -0.2) is 9.59 Å². The van der Waals surface area contributed by atoms with Crippen molar-refractivity contribution >= 4 is 18.0 Å². The molecule has 3 rings (SSSR count). The van der Waals surface area contributed by atoms with Crippen molar-refractivity contribution in [2.24, 2.45) is 0 Å². The molecule has 8 heteroatoms. The number of carboxylic acid groups (broad SMARTS) is 1. The molecule has 0 heterocycles. The molecule has 0 radical (unpaired) electrons. The van der Waals surface area contributed by atoms with Gasteiger partial charge in [0, 0.05) is 5.92 Å². The van der Waals surface area contributed by atoms with E-state index in [0.29, 0.717) is 12.8 Å². The van der Waals surface area contributed by atoms with Crippen molar-refractivity contribution in [3.8, 4) is 11.1 Å². The molecule has 1 aliphatic rings. The highest BCUT2D eigenvalue weighted by Gasteiger charge is 2.31. The quantitative estimate of drug-likeness (QED) is 0.475. The number of carboxylic acids is 1. The van der Waals surface area contributed by atoms with E-state index >= 15 is 0 Å². The first-order valence-corrected chi connectivity index (χ1v) is 10.7. The summed E-state index contributed by atoms with van der Waals surface area (Å²) >= 11 is 0. The van der Waals surface area contributed by atoms with E-state index in [1.165, 1.54) is 6.92 Å². The molecule has 0 bridgehead atoms. The van der Waals surface area contributed by atoms with Crippen LogP contribution in [0.15, 0.2) is 48.5 Å². The largest absolute Gasteiger partial charge is 0.480 e. The lowest BCUT2D eigenvalue weighted by Gasteiger charge is -2.22. The highest BCUT2D eigenvalue weighted by atomic mass is 16.5. The molecule has 3 atom stereocenters. The Morgan fingerprint density at radius 1 is 1.00 bits per heavy atom. The Morgan fingerprint density at radius 3 is 2.06 bits per heavy atom. The van der Waals surface area contributed by atoms with Crippen molar-refractivity contribution in [1.82, 2.24) is 10.6 Å². The summed E-state index contributed by atoms with van der Waals surface area (Å²) in [6.07, 6.45) is -1.17. The lowest BCUT2D eigenvalue weighted by molar-refractivity contribution is -0.145. The Labute approximate surface area is 186 Å². The molecule has 3 unspecified atom stereocenters. The molecule has 8 nitrogen and oxygen atoms in total. The summed E-state index contributed by atoms with van der Waals surface area (Å²) in [4.78, 5) is 36.3. The number of benzene rings is 2. The van der Waals surface area contributed by atoms with E-state index in [-0.39, 0.29) is 12.5 Å². The molecule has 2 aromatic carbocycles. The van der Waals surface area contributed by atoms with Crippen molar-refractivity contribution in [2.75, 3.05) is 6.61 Å². The molecule has 2 aromatic rings. The third-order valence-corrected chi connectivity index (χ3v) is 5.58. The van der Waals surface area contributed by atoms with Crippen LogP contribution in [-0.2, 0) is 14.3 Å².